The molecule has 0 N–H and O–H groups in total. The molecule has 12 aromatic rings. The second kappa shape index (κ2) is 15.9. The first kappa shape index (κ1) is 40.0. The van der Waals surface area contributed by atoms with E-state index in [9.17, 15) is 13.2 Å². The number of hydrogen-bond acceptors (Lipinski definition) is 2. The van der Waals surface area contributed by atoms with E-state index in [1.165, 1.54) is 22.9 Å². The molecule has 0 aliphatic rings. The Morgan fingerprint density at radius 3 is 1.49 bits per heavy atom. The predicted octanol–water partition coefficient (Wildman–Crippen LogP) is 16.3. The second-order valence-electron chi connectivity index (χ2n) is 16.9. The third-order valence-corrected chi connectivity index (χ3v) is 12.9. The van der Waals surface area contributed by atoms with E-state index >= 15 is 0 Å². The van der Waals surface area contributed by atoms with Gasteiger partial charge in [0.25, 0.3) is 0 Å². The summed E-state index contributed by atoms with van der Waals surface area (Å²) in [6, 6.07) is 73.2. The summed E-state index contributed by atoms with van der Waals surface area (Å²) in [4.78, 5) is 10.4. The van der Waals surface area contributed by atoms with Gasteiger partial charge in [-0.25, -0.2) is 9.97 Å². The van der Waals surface area contributed by atoms with Crippen LogP contribution in [0.3, 0.4) is 0 Å². The number of hydrogen-bond donors (Lipinski definition) is 0. The molecule has 4 nitrogen and oxygen atoms in total. The summed E-state index contributed by atoms with van der Waals surface area (Å²) in [6.07, 6.45) is -4.42. The number of aromatic nitrogens is 4. The van der Waals surface area contributed by atoms with Gasteiger partial charge in [0.15, 0.2) is 5.82 Å². The SMILES string of the molecule is Cc1cc(C(F)(F)F)ccc1-c1ccc2c(c1)c1ccccc1n2-c1ccc(-c2cc(-c3ccccc3)nc(-c3ccccc3)n2)cc1-c1ccccc1-n1c2ccccc2c2ccccc21. The molecule has 7 heteroatoms. The van der Waals surface area contributed by atoms with Gasteiger partial charge in [0, 0.05) is 49.4 Å². The lowest BCUT2D eigenvalue weighted by molar-refractivity contribution is -0.137. The molecule has 0 unspecified atom stereocenters. The van der Waals surface area contributed by atoms with E-state index in [1.54, 1.807) is 13.0 Å². The lowest BCUT2D eigenvalue weighted by atomic mass is 9.96. The monoisotopic (exact) mass is 872 g/mol. The van der Waals surface area contributed by atoms with Crippen molar-refractivity contribution in [1.29, 1.82) is 0 Å². The third-order valence-electron chi connectivity index (χ3n) is 12.9. The van der Waals surface area contributed by atoms with Crippen molar-refractivity contribution in [3.05, 3.63) is 230 Å². The standard InChI is InChI=1S/C60H39F3N4/c1-38-34-43(60(61,62)63)30-31-44(38)41-28-32-57-49(35-41)47-22-10-15-27-56(47)67(57)58-33-29-42(52-37-51(39-16-4-2-5-17-39)64-59(65-52)40-18-6-3-7-19-40)36-50(58)48-23-11-14-26-55(48)66-53-24-12-8-20-45(53)46-21-9-13-25-54(46)66/h2-37H,1H3. The second-order valence-corrected chi connectivity index (χ2v) is 16.9. The Bertz CT molecular complexity index is 3750. The van der Waals surface area contributed by atoms with Gasteiger partial charge in [0.2, 0.25) is 0 Å². The Hall–Kier alpha value is -8.55. The zero-order valence-electron chi connectivity index (χ0n) is 36.2. The van der Waals surface area contributed by atoms with E-state index < -0.39 is 11.7 Å². The first-order valence-electron chi connectivity index (χ1n) is 22.2. The molecule has 320 valence electrons. The van der Waals surface area contributed by atoms with Crippen LogP contribution in [0.1, 0.15) is 11.1 Å². The van der Waals surface area contributed by atoms with Crippen LogP contribution in [0.15, 0.2) is 218 Å². The van der Waals surface area contributed by atoms with Gasteiger partial charge < -0.3 is 9.13 Å². The smallest absolute Gasteiger partial charge is 0.309 e. The van der Waals surface area contributed by atoms with Crippen molar-refractivity contribution in [3.8, 4) is 67.5 Å². The van der Waals surface area contributed by atoms with Crippen molar-refractivity contribution < 1.29 is 13.2 Å². The Labute approximate surface area is 384 Å². The maximum atomic E-state index is 13.7. The first-order valence-corrected chi connectivity index (χ1v) is 22.2. The lowest BCUT2D eigenvalue weighted by Gasteiger charge is -2.20. The van der Waals surface area contributed by atoms with Crippen molar-refractivity contribution in [2.45, 2.75) is 13.1 Å². The highest BCUT2D eigenvalue weighted by molar-refractivity contribution is 6.12. The zero-order chi connectivity index (χ0) is 45.2. The number of nitrogens with zero attached hydrogens (tertiary/aromatic N) is 4. The predicted molar refractivity (Wildman–Crippen MR) is 268 cm³/mol. The summed E-state index contributed by atoms with van der Waals surface area (Å²) < 4.78 is 45.9. The van der Waals surface area contributed by atoms with Gasteiger partial charge in [-0.05, 0) is 90.3 Å². The van der Waals surface area contributed by atoms with Gasteiger partial charge in [0.05, 0.1) is 50.4 Å². The summed E-state index contributed by atoms with van der Waals surface area (Å²) in [5.74, 6) is 0.634. The summed E-state index contributed by atoms with van der Waals surface area (Å²) >= 11 is 0. The van der Waals surface area contributed by atoms with Crippen LogP contribution in [0.4, 0.5) is 13.2 Å². The molecule has 0 amide bonds. The van der Waals surface area contributed by atoms with Crippen LogP contribution in [0, 0.1) is 6.92 Å². The van der Waals surface area contributed by atoms with Crippen molar-refractivity contribution in [3.63, 3.8) is 0 Å². The van der Waals surface area contributed by atoms with E-state index in [1.807, 2.05) is 60.7 Å². The van der Waals surface area contributed by atoms with E-state index in [4.69, 9.17) is 9.97 Å². The molecule has 0 saturated heterocycles. The van der Waals surface area contributed by atoms with Crippen LogP contribution in [0.2, 0.25) is 0 Å². The number of alkyl halides is 3. The molecule has 0 fully saturated rings. The molecule has 0 radical (unpaired) electrons. The highest BCUT2D eigenvalue weighted by atomic mass is 19.4. The molecule has 3 heterocycles. The van der Waals surface area contributed by atoms with Crippen LogP contribution in [0.25, 0.3) is 111 Å². The number of fused-ring (bicyclic) bond motifs is 6. The molecule has 67 heavy (non-hydrogen) atoms. The summed E-state index contributed by atoms with van der Waals surface area (Å²) in [5, 5.41) is 4.37. The number of rotatable bonds is 7. The third kappa shape index (κ3) is 6.86. The Morgan fingerprint density at radius 1 is 0.358 bits per heavy atom. The molecule has 0 saturated carbocycles. The number of halogens is 3. The highest BCUT2D eigenvalue weighted by Gasteiger charge is 2.31. The van der Waals surface area contributed by atoms with Gasteiger partial charge >= 0.3 is 6.18 Å². The molecule has 12 rings (SSSR count). The Morgan fingerprint density at radius 2 is 0.866 bits per heavy atom. The van der Waals surface area contributed by atoms with Crippen LogP contribution in [0.5, 0.6) is 0 Å². The van der Waals surface area contributed by atoms with Crippen molar-refractivity contribution in [2.24, 2.45) is 0 Å². The molecular formula is C60H39F3N4. The number of aryl methyl sites for hydroxylation is 1. The maximum absolute atomic E-state index is 13.7. The molecule has 0 aliphatic carbocycles. The van der Waals surface area contributed by atoms with Gasteiger partial charge in [-0.2, -0.15) is 13.2 Å². The fraction of sp³-hybridized carbons (Fsp3) is 0.0333. The average molecular weight is 873 g/mol. The maximum Gasteiger partial charge on any atom is 0.416 e. The fourth-order valence-corrected chi connectivity index (χ4v) is 9.82. The van der Waals surface area contributed by atoms with Crippen molar-refractivity contribution in [2.75, 3.05) is 0 Å². The van der Waals surface area contributed by atoms with Crippen molar-refractivity contribution in [1.82, 2.24) is 19.1 Å². The van der Waals surface area contributed by atoms with Crippen molar-refractivity contribution >= 4 is 43.6 Å². The van der Waals surface area contributed by atoms with Gasteiger partial charge in [-0.3, -0.25) is 0 Å². The minimum atomic E-state index is -4.42. The largest absolute Gasteiger partial charge is 0.416 e. The van der Waals surface area contributed by atoms with E-state index in [0.29, 0.717) is 11.4 Å². The molecule has 9 aromatic carbocycles. The highest BCUT2D eigenvalue weighted by Crippen LogP contribution is 2.44. The topological polar surface area (TPSA) is 35.6 Å². The number of benzene rings is 9. The average Bonchev–Trinajstić information content (AvgIpc) is 3.89. The van der Waals surface area contributed by atoms with Crippen LogP contribution >= 0.6 is 0 Å². The molecule has 0 spiro atoms. The van der Waals surface area contributed by atoms with Crippen LogP contribution in [-0.4, -0.2) is 19.1 Å². The summed E-state index contributed by atoms with van der Waals surface area (Å²) in [6.45, 7) is 1.74. The van der Waals surface area contributed by atoms with Crippen LogP contribution in [-0.2, 0) is 6.18 Å². The lowest BCUT2D eigenvalue weighted by Crippen LogP contribution is -2.05. The molecule has 3 aromatic heterocycles. The van der Waals surface area contributed by atoms with E-state index in [-0.39, 0.29) is 0 Å². The fourth-order valence-electron chi connectivity index (χ4n) is 9.82. The molecular weight excluding hydrogens is 834 g/mol. The summed E-state index contributed by atoms with van der Waals surface area (Å²) in [7, 11) is 0. The van der Waals surface area contributed by atoms with E-state index in [2.05, 4.69) is 149 Å². The Kier molecular flexibility index (Phi) is 9.47. The van der Waals surface area contributed by atoms with Gasteiger partial charge in [-0.15, -0.1) is 0 Å². The first-order chi connectivity index (χ1) is 32.8. The van der Waals surface area contributed by atoms with Gasteiger partial charge in [-0.1, -0.05) is 152 Å². The van der Waals surface area contributed by atoms with E-state index in [0.717, 1.165) is 94.5 Å². The molecule has 0 atom stereocenters. The quantitative estimate of drug-likeness (QED) is 0.160. The molecule has 0 aliphatic heterocycles. The summed E-state index contributed by atoms with van der Waals surface area (Å²) in [5.41, 5.74) is 14.1. The normalized spacial score (nSPS) is 11.9. The minimum absolute atomic E-state index is 0.563. The number of para-hydroxylation sites is 4. The molecule has 0 bridgehead atoms. The zero-order valence-corrected chi connectivity index (χ0v) is 36.2. The van der Waals surface area contributed by atoms with Gasteiger partial charge in [0.1, 0.15) is 0 Å². The van der Waals surface area contributed by atoms with Crippen LogP contribution < -0.4 is 0 Å². The minimum Gasteiger partial charge on any atom is -0.309 e. The Balaban J connectivity index is 1.13.